The summed E-state index contributed by atoms with van der Waals surface area (Å²) in [5, 5.41) is 0. The number of nitrogens with zero attached hydrogens (tertiary/aromatic N) is 1. The minimum atomic E-state index is -3.30. The molecule has 0 aromatic carbocycles. The van der Waals surface area contributed by atoms with Crippen molar-refractivity contribution >= 4 is 21.8 Å². The van der Waals surface area contributed by atoms with Crippen LogP contribution in [0.5, 0.6) is 0 Å². The van der Waals surface area contributed by atoms with Gasteiger partial charge >= 0.3 is 0 Å². The molecule has 0 aliphatic carbocycles. The lowest BCUT2D eigenvalue weighted by molar-refractivity contribution is 0.285. The van der Waals surface area contributed by atoms with E-state index in [9.17, 15) is 8.42 Å². The lowest BCUT2D eigenvalue weighted by Gasteiger charge is -2.29. The van der Waals surface area contributed by atoms with E-state index >= 15 is 0 Å². The van der Waals surface area contributed by atoms with Gasteiger partial charge in [-0.25, -0.2) is 0 Å². The second-order valence-electron chi connectivity index (χ2n) is 4.06. The summed E-state index contributed by atoms with van der Waals surface area (Å²) in [7, 11) is -3.30. The fourth-order valence-electron chi connectivity index (χ4n) is 1.62. The lowest BCUT2D eigenvalue weighted by atomic mass is 10.0. The van der Waals surface area contributed by atoms with Crippen molar-refractivity contribution in [2.75, 3.05) is 25.5 Å². The summed E-state index contributed by atoms with van der Waals surface area (Å²) in [6.45, 7) is 3.70. The molecule has 1 aliphatic heterocycles. The molecule has 0 spiro atoms. The summed E-state index contributed by atoms with van der Waals surface area (Å²) in [6.07, 6.45) is 5.33. The van der Waals surface area contributed by atoms with E-state index in [1.807, 2.05) is 0 Å². The van der Waals surface area contributed by atoms with Crippen LogP contribution in [0.4, 0.5) is 0 Å². The van der Waals surface area contributed by atoms with E-state index < -0.39 is 10.2 Å². The van der Waals surface area contributed by atoms with Crippen molar-refractivity contribution in [1.82, 2.24) is 9.03 Å². The van der Waals surface area contributed by atoms with Gasteiger partial charge in [0.1, 0.15) is 0 Å². The number of hydrogen-bond donors (Lipinski definition) is 1. The zero-order valence-corrected chi connectivity index (χ0v) is 11.1. The topological polar surface area (TPSA) is 49.4 Å². The highest BCUT2D eigenvalue weighted by Gasteiger charge is 2.25. The van der Waals surface area contributed by atoms with Crippen LogP contribution in [0.1, 0.15) is 19.8 Å². The third kappa shape index (κ3) is 4.41. The molecule has 94 valence electrons. The highest BCUT2D eigenvalue weighted by Crippen LogP contribution is 2.17. The molecule has 1 heterocycles. The first-order valence-electron chi connectivity index (χ1n) is 5.52. The Labute approximate surface area is 103 Å². The Balaban J connectivity index is 2.41. The van der Waals surface area contributed by atoms with Crippen molar-refractivity contribution in [2.24, 2.45) is 5.92 Å². The van der Waals surface area contributed by atoms with Crippen molar-refractivity contribution in [3.05, 3.63) is 12.2 Å². The van der Waals surface area contributed by atoms with Gasteiger partial charge in [0, 0.05) is 25.5 Å². The number of alkyl halides is 1. The Morgan fingerprint density at radius 1 is 1.38 bits per heavy atom. The highest BCUT2D eigenvalue weighted by molar-refractivity contribution is 7.87. The summed E-state index contributed by atoms with van der Waals surface area (Å²) in [5.41, 5.74) is 0. The Kier molecular flexibility index (Phi) is 5.75. The Morgan fingerprint density at radius 2 is 2.00 bits per heavy atom. The average Bonchev–Trinajstić information content (AvgIpc) is 2.25. The highest BCUT2D eigenvalue weighted by atomic mass is 35.5. The molecule has 4 nitrogen and oxygen atoms in total. The normalized spacial score (nSPS) is 20.6. The molecule has 0 unspecified atom stereocenters. The Morgan fingerprint density at radius 3 is 2.56 bits per heavy atom. The predicted molar refractivity (Wildman–Crippen MR) is 66.8 cm³/mol. The summed E-state index contributed by atoms with van der Waals surface area (Å²) in [5.74, 6) is 1.03. The third-order valence-electron chi connectivity index (χ3n) is 2.72. The maximum absolute atomic E-state index is 11.8. The van der Waals surface area contributed by atoms with E-state index in [2.05, 4.69) is 11.6 Å². The second-order valence-corrected chi connectivity index (χ2v) is 6.12. The fraction of sp³-hybridized carbons (Fsp3) is 0.800. The van der Waals surface area contributed by atoms with E-state index in [0.717, 1.165) is 12.8 Å². The number of hydrogen-bond acceptors (Lipinski definition) is 2. The van der Waals surface area contributed by atoms with Crippen LogP contribution in [0, 0.1) is 5.92 Å². The quantitative estimate of drug-likeness (QED) is 0.603. The zero-order valence-electron chi connectivity index (χ0n) is 9.52. The second kappa shape index (κ2) is 6.59. The molecule has 0 aromatic heterocycles. The van der Waals surface area contributed by atoms with Gasteiger partial charge in [0.15, 0.2) is 0 Å². The zero-order chi connectivity index (χ0) is 12.0. The van der Waals surface area contributed by atoms with Gasteiger partial charge in [-0.15, -0.1) is 11.6 Å². The lowest BCUT2D eigenvalue weighted by Crippen LogP contribution is -2.44. The maximum atomic E-state index is 11.8. The smallest absolute Gasteiger partial charge is 0.198 e. The minimum absolute atomic E-state index is 0.307. The number of piperidine rings is 1. The third-order valence-corrected chi connectivity index (χ3v) is 4.48. The number of nitrogens with one attached hydrogen (secondary N) is 1. The van der Waals surface area contributed by atoms with Crippen molar-refractivity contribution in [3.8, 4) is 0 Å². The molecular formula is C10H19ClN2O2S. The molecule has 16 heavy (non-hydrogen) atoms. The molecule has 0 saturated carbocycles. The molecule has 1 fully saturated rings. The van der Waals surface area contributed by atoms with Crippen LogP contribution in [-0.2, 0) is 10.2 Å². The molecule has 0 aromatic rings. The van der Waals surface area contributed by atoms with Crippen molar-refractivity contribution in [1.29, 1.82) is 0 Å². The molecule has 0 radical (unpaired) electrons. The first kappa shape index (κ1) is 14.0. The summed E-state index contributed by atoms with van der Waals surface area (Å²) < 4.78 is 27.7. The molecule has 0 atom stereocenters. The van der Waals surface area contributed by atoms with Gasteiger partial charge < -0.3 is 0 Å². The van der Waals surface area contributed by atoms with Crippen LogP contribution in [-0.4, -0.2) is 38.2 Å². The standard InChI is InChI=1S/C10H19ClN2O2S/c1-10-4-8-13(9-5-10)16(14,15)12-7-3-2-6-11/h2-3,10,12H,4-9H2,1H3/b3-2+. The summed E-state index contributed by atoms with van der Waals surface area (Å²) in [4.78, 5) is 0. The number of allylic oxidation sites excluding steroid dienone is 1. The van der Waals surface area contributed by atoms with Crippen LogP contribution in [0.3, 0.4) is 0 Å². The van der Waals surface area contributed by atoms with E-state index in [0.29, 0.717) is 31.4 Å². The van der Waals surface area contributed by atoms with E-state index in [1.165, 1.54) is 4.31 Å². The monoisotopic (exact) mass is 266 g/mol. The van der Waals surface area contributed by atoms with Gasteiger partial charge in [-0.2, -0.15) is 17.4 Å². The largest absolute Gasteiger partial charge is 0.279 e. The average molecular weight is 267 g/mol. The van der Waals surface area contributed by atoms with Crippen molar-refractivity contribution in [3.63, 3.8) is 0 Å². The van der Waals surface area contributed by atoms with E-state index in [-0.39, 0.29) is 0 Å². The predicted octanol–water partition coefficient (Wildman–Crippen LogP) is 1.35. The molecule has 1 rings (SSSR count). The number of rotatable bonds is 5. The molecule has 1 N–H and O–H groups in total. The minimum Gasteiger partial charge on any atom is -0.198 e. The van der Waals surface area contributed by atoms with Crippen molar-refractivity contribution < 1.29 is 8.42 Å². The van der Waals surface area contributed by atoms with Crippen molar-refractivity contribution in [2.45, 2.75) is 19.8 Å². The Hall–Kier alpha value is -0.100. The van der Waals surface area contributed by atoms with Gasteiger partial charge in [-0.05, 0) is 18.8 Å². The fourth-order valence-corrected chi connectivity index (χ4v) is 2.92. The van der Waals surface area contributed by atoms with E-state index in [1.54, 1.807) is 12.2 Å². The first-order valence-corrected chi connectivity index (χ1v) is 7.49. The van der Waals surface area contributed by atoms with Crippen LogP contribution in [0.25, 0.3) is 0 Å². The van der Waals surface area contributed by atoms with Gasteiger partial charge in [0.25, 0.3) is 10.2 Å². The van der Waals surface area contributed by atoms with Crippen LogP contribution in [0.15, 0.2) is 12.2 Å². The first-order chi connectivity index (χ1) is 7.56. The van der Waals surface area contributed by atoms with Gasteiger partial charge in [-0.1, -0.05) is 19.1 Å². The molecule has 1 saturated heterocycles. The molecule has 0 bridgehead atoms. The maximum Gasteiger partial charge on any atom is 0.279 e. The SMILES string of the molecule is CC1CCN(S(=O)(=O)NC/C=C/CCl)CC1. The summed E-state index contributed by atoms with van der Waals surface area (Å²) >= 11 is 5.44. The molecule has 6 heteroatoms. The van der Waals surface area contributed by atoms with Gasteiger partial charge in [0.2, 0.25) is 0 Å². The van der Waals surface area contributed by atoms with Gasteiger partial charge in [0.05, 0.1) is 0 Å². The van der Waals surface area contributed by atoms with E-state index in [4.69, 9.17) is 11.6 Å². The molecule has 1 aliphatic rings. The Bertz CT molecular complexity index is 322. The molecule has 0 amide bonds. The van der Waals surface area contributed by atoms with Crippen LogP contribution >= 0.6 is 11.6 Å². The van der Waals surface area contributed by atoms with Crippen LogP contribution < -0.4 is 4.72 Å². The van der Waals surface area contributed by atoms with Crippen LogP contribution in [0.2, 0.25) is 0 Å². The molecular weight excluding hydrogens is 248 g/mol. The number of halogens is 1. The van der Waals surface area contributed by atoms with Gasteiger partial charge in [-0.3, -0.25) is 0 Å². The summed E-state index contributed by atoms with van der Waals surface area (Å²) in [6, 6.07) is 0.